The Labute approximate surface area is 144 Å². The fraction of sp³-hybridized carbons (Fsp3) is 0.250. The van der Waals surface area contributed by atoms with E-state index in [1.54, 1.807) is 29.3 Å². The molecule has 2 heterocycles. The predicted molar refractivity (Wildman–Crippen MR) is 90.7 cm³/mol. The Hall–Kier alpha value is -1.82. The summed E-state index contributed by atoms with van der Waals surface area (Å²) < 4.78 is 5.24. The van der Waals surface area contributed by atoms with E-state index < -0.39 is 0 Å². The summed E-state index contributed by atoms with van der Waals surface area (Å²) in [6.07, 6.45) is 1.62. The molecule has 120 valence electrons. The molecule has 2 aromatic rings. The van der Waals surface area contributed by atoms with E-state index in [-0.39, 0.29) is 5.91 Å². The van der Waals surface area contributed by atoms with Gasteiger partial charge in [0.25, 0.3) is 5.91 Å². The van der Waals surface area contributed by atoms with Crippen LogP contribution in [0.25, 0.3) is 0 Å². The molecule has 7 heteroatoms. The van der Waals surface area contributed by atoms with E-state index in [0.29, 0.717) is 42.0 Å². The maximum absolute atomic E-state index is 12.3. The van der Waals surface area contributed by atoms with Crippen LogP contribution in [-0.2, 0) is 4.74 Å². The third-order valence-electron chi connectivity index (χ3n) is 3.49. The van der Waals surface area contributed by atoms with Crippen LogP contribution < -0.4 is 5.32 Å². The zero-order valence-electron chi connectivity index (χ0n) is 12.3. The summed E-state index contributed by atoms with van der Waals surface area (Å²) in [5.41, 5.74) is 1.99. The molecule has 0 unspecified atom stereocenters. The molecule has 1 aliphatic heterocycles. The smallest absolute Gasteiger partial charge is 0.272 e. The third-order valence-corrected chi connectivity index (χ3v) is 4.23. The van der Waals surface area contributed by atoms with Gasteiger partial charge in [0.2, 0.25) is 0 Å². The lowest BCUT2D eigenvalue weighted by Gasteiger charge is -2.26. The molecular formula is C16H15Cl2N3O2. The number of anilines is 2. The standard InChI is InChI=1S/C16H15Cl2N3O2/c17-13-3-1-11(9-14(13)18)20-12-2-4-15(19-10-12)16(22)21-5-7-23-8-6-21/h1-4,9-10,20H,5-8H2. The number of rotatable bonds is 3. The number of hydrogen-bond donors (Lipinski definition) is 1. The van der Waals surface area contributed by atoms with Crippen LogP contribution in [0.1, 0.15) is 10.5 Å². The van der Waals surface area contributed by atoms with Gasteiger partial charge in [0.1, 0.15) is 5.69 Å². The van der Waals surface area contributed by atoms with E-state index in [1.165, 1.54) is 0 Å². The first-order valence-electron chi connectivity index (χ1n) is 7.18. The third kappa shape index (κ3) is 3.93. The highest BCUT2D eigenvalue weighted by atomic mass is 35.5. The quantitative estimate of drug-likeness (QED) is 0.917. The molecule has 5 nitrogen and oxygen atoms in total. The van der Waals surface area contributed by atoms with Crippen molar-refractivity contribution in [2.45, 2.75) is 0 Å². The summed E-state index contributed by atoms with van der Waals surface area (Å²) in [7, 11) is 0. The minimum atomic E-state index is -0.0746. The predicted octanol–water partition coefficient (Wildman–Crippen LogP) is 3.60. The van der Waals surface area contributed by atoms with E-state index in [9.17, 15) is 4.79 Å². The number of benzene rings is 1. The van der Waals surface area contributed by atoms with Crippen molar-refractivity contribution in [3.8, 4) is 0 Å². The van der Waals surface area contributed by atoms with E-state index in [2.05, 4.69) is 10.3 Å². The lowest BCUT2D eigenvalue weighted by atomic mass is 10.2. The number of pyridine rings is 1. The van der Waals surface area contributed by atoms with Crippen molar-refractivity contribution in [1.82, 2.24) is 9.88 Å². The number of halogens is 2. The molecule has 0 spiro atoms. The van der Waals surface area contributed by atoms with Crippen LogP contribution in [0.2, 0.25) is 10.0 Å². The summed E-state index contributed by atoms with van der Waals surface area (Å²) in [6.45, 7) is 2.35. The van der Waals surface area contributed by atoms with Gasteiger partial charge < -0.3 is 15.0 Å². The molecule has 1 amide bonds. The number of amides is 1. The number of aromatic nitrogens is 1. The first-order chi connectivity index (χ1) is 11.1. The summed E-state index contributed by atoms with van der Waals surface area (Å²) in [6, 6.07) is 8.79. The highest BCUT2D eigenvalue weighted by molar-refractivity contribution is 6.42. The molecule has 1 aromatic heterocycles. The molecule has 23 heavy (non-hydrogen) atoms. The monoisotopic (exact) mass is 351 g/mol. The second kappa shape index (κ2) is 7.17. The van der Waals surface area contributed by atoms with E-state index in [0.717, 1.165) is 11.4 Å². The summed E-state index contributed by atoms with van der Waals surface area (Å²) in [5.74, 6) is -0.0746. The van der Waals surface area contributed by atoms with Crippen LogP contribution in [0.5, 0.6) is 0 Å². The van der Waals surface area contributed by atoms with Gasteiger partial charge in [-0.3, -0.25) is 4.79 Å². The number of nitrogens with one attached hydrogen (secondary N) is 1. The van der Waals surface area contributed by atoms with Crippen LogP contribution in [0.15, 0.2) is 36.5 Å². The Morgan fingerprint density at radius 2 is 1.83 bits per heavy atom. The average Bonchev–Trinajstić information content (AvgIpc) is 2.59. The Bertz CT molecular complexity index is 701. The minimum absolute atomic E-state index is 0.0746. The highest BCUT2D eigenvalue weighted by Gasteiger charge is 2.19. The first kappa shape index (κ1) is 16.1. The molecule has 1 aromatic carbocycles. The molecule has 0 aliphatic carbocycles. The van der Waals surface area contributed by atoms with Crippen molar-refractivity contribution >= 4 is 40.5 Å². The lowest BCUT2D eigenvalue weighted by molar-refractivity contribution is 0.0299. The molecule has 3 rings (SSSR count). The lowest BCUT2D eigenvalue weighted by Crippen LogP contribution is -2.41. The average molecular weight is 352 g/mol. The van der Waals surface area contributed by atoms with Crippen molar-refractivity contribution in [2.24, 2.45) is 0 Å². The second-order valence-electron chi connectivity index (χ2n) is 5.09. The van der Waals surface area contributed by atoms with Crippen LogP contribution in [0.3, 0.4) is 0 Å². The minimum Gasteiger partial charge on any atom is -0.378 e. The topological polar surface area (TPSA) is 54.5 Å². The van der Waals surface area contributed by atoms with Crippen molar-refractivity contribution < 1.29 is 9.53 Å². The Morgan fingerprint density at radius 3 is 2.48 bits per heavy atom. The van der Waals surface area contributed by atoms with Gasteiger partial charge in [-0.15, -0.1) is 0 Å². The summed E-state index contributed by atoms with van der Waals surface area (Å²) >= 11 is 11.9. The first-order valence-corrected chi connectivity index (χ1v) is 7.94. The molecular weight excluding hydrogens is 337 g/mol. The number of hydrogen-bond acceptors (Lipinski definition) is 4. The number of ether oxygens (including phenoxy) is 1. The highest BCUT2D eigenvalue weighted by Crippen LogP contribution is 2.26. The van der Waals surface area contributed by atoms with Gasteiger partial charge in [-0.2, -0.15) is 0 Å². The Balaban J connectivity index is 1.68. The van der Waals surface area contributed by atoms with Gasteiger partial charge in [0.05, 0.1) is 35.1 Å². The van der Waals surface area contributed by atoms with Gasteiger partial charge in [-0.05, 0) is 30.3 Å². The maximum Gasteiger partial charge on any atom is 0.272 e. The summed E-state index contributed by atoms with van der Waals surface area (Å²) in [4.78, 5) is 18.3. The van der Waals surface area contributed by atoms with E-state index >= 15 is 0 Å². The number of carbonyl (C=O) groups excluding carboxylic acids is 1. The number of nitrogens with zero attached hydrogens (tertiary/aromatic N) is 2. The molecule has 1 aliphatic rings. The van der Waals surface area contributed by atoms with Gasteiger partial charge in [-0.25, -0.2) is 4.98 Å². The molecule has 1 saturated heterocycles. The molecule has 1 fully saturated rings. The number of morpholine rings is 1. The SMILES string of the molecule is O=C(c1ccc(Nc2ccc(Cl)c(Cl)c2)cn1)N1CCOCC1. The zero-order chi connectivity index (χ0) is 16.2. The van der Waals surface area contributed by atoms with Crippen molar-refractivity contribution in [3.05, 3.63) is 52.3 Å². The largest absolute Gasteiger partial charge is 0.378 e. The fourth-order valence-electron chi connectivity index (χ4n) is 2.26. The molecule has 0 atom stereocenters. The van der Waals surface area contributed by atoms with Gasteiger partial charge in [-0.1, -0.05) is 23.2 Å². The van der Waals surface area contributed by atoms with Crippen molar-refractivity contribution in [1.29, 1.82) is 0 Å². The van der Waals surface area contributed by atoms with Crippen LogP contribution in [0, 0.1) is 0 Å². The Kier molecular flexibility index (Phi) is 5.00. The van der Waals surface area contributed by atoms with Crippen molar-refractivity contribution in [2.75, 3.05) is 31.6 Å². The van der Waals surface area contributed by atoms with E-state index in [4.69, 9.17) is 27.9 Å². The van der Waals surface area contributed by atoms with Crippen LogP contribution in [0.4, 0.5) is 11.4 Å². The van der Waals surface area contributed by atoms with Crippen LogP contribution >= 0.6 is 23.2 Å². The maximum atomic E-state index is 12.3. The van der Waals surface area contributed by atoms with Crippen molar-refractivity contribution in [3.63, 3.8) is 0 Å². The fourth-order valence-corrected chi connectivity index (χ4v) is 2.56. The zero-order valence-corrected chi connectivity index (χ0v) is 13.8. The molecule has 1 N–H and O–H groups in total. The number of carbonyl (C=O) groups is 1. The molecule has 0 bridgehead atoms. The normalized spacial score (nSPS) is 14.6. The van der Waals surface area contributed by atoms with Crippen LogP contribution in [-0.4, -0.2) is 42.1 Å². The molecule has 0 radical (unpaired) electrons. The Morgan fingerprint density at radius 1 is 1.09 bits per heavy atom. The summed E-state index contributed by atoms with van der Waals surface area (Å²) in [5, 5.41) is 4.14. The van der Waals surface area contributed by atoms with E-state index in [1.807, 2.05) is 12.1 Å². The van der Waals surface area contributed by atoms with Gasteiger partial charge in [0.15, 0.2) is 0 Å². The second-order valence-corrected chi connectivity index (χ2v) is 5.90. The van der Waals surface area contributed by atoms with Gasteiger partial charge >= 0.3 is 0 Å². The van der Waals surface area contributed by atoms with Gasteiger partial charge in [0, 0.05) is 18.8 Å². The molecule has 0 saturated carbocycles.